The molecule has 0 atom stereocenters. The molecule has 2 aromatic carbocycles. The second kappa shape index (κ2) is 9.25. The minimum atomic E-state index is -0.807. The minimum absolute atomic E-state index is 0.00409. The van der Waals surface area contributed by atoms with Gasteiger partial charge < -0.3 is 10.2 Å². The van der Waals surface area contributed by atoms with E-state index >= 15 is 0 Å². The van der Waals surface area contributed by atoms with Crippen LogP contribution in [0, 0.1) is 11.6 Å². The fourth-order valence-electron chi connectivity index (χ4n) is 2.69. The molecule has 0 spiro atoms. The monoisotopic (exact) mass is 412 g/mol. The van der Waals surface area contributed by atoms with E-state index in [0.717, 1.165) is 17.0 Å². The molecule has 1 heterocycles. The number of rotatable bonds is 6. The van der Waals surface area contributed by atoms with Crippen molar-refractivity contribution in [1.29, 1.82) is 0 Å². The third kappa shape index (κ3) is 5.14. The van der Waals surface area contributed by atoms with E-state index in [9.17, 15) is 18.4 Å². The Balaban J connectivity index is 1.84. The SMILES string of the molecule is CNC(=O)c1ccc(/C=C/C(=O)N(Cc2cccs2)c2ccc(F)cc2F)cc1. The summed E-state index contributed by atoms with van der Waals surface area (Å²) in [5, 5.41) is 4.40. The number of thiophene rings is 1. The molecule has 0 aliphatic rings. The van der Waals surface area contributed by atoms with E-state index in [4.69, 9.17) is 0 Å². The molecule has 2 amide bonds. The Morgan fingerprint density at radius 2 is 1.86 bits per heavy atom. The molecular weight excluding hydrogens is 394 g/mol. The Bertz CT molecular complexity index is 1030. The summed E-state index contributed by atoms with van der Waals surface area (Å²) in [5.74, 6) is -2.16. The number of halogens is 2. The van der Waals surface area contributed by atoms with Crippen LogP contribution >= 0.6 is 11.3 Å². The van der Waals surface area contributed by atoms with Gasteiger partial charge >= 0.3 is 0 Å². The summed E-state index contributed by atoms with van der Waals surface area (Å²) in [5.41, 5.74) is 1.22. The highest BCUT2D eigenvalue weighted by Crippen LogP contribution is 2.24. The van der Waals surface area contributed by atoms with Gasteiger partial charge in [0.25, 0.3) is 11.8 Å². The molecule has 1 N–H and O–H groups in total. The van der Waals surface area contributed by atoms with Gasteiger partial charge in [-0.25, -0.2) is 8.78 Å². The first-order chi connectivity index (χ1) is 14.0. The minimum Gasteiger partial charge on any atom is -0.355 e. The maximum Gasteiger partial charge on any atom is 0.251 e. The van der Waals surface area contributed by atoms with Crippen molar-refractivity contribution in [1.82, 2.24) is 5.32 Å². The van der Waals surface area contributed by atoms with Crippen molar-refractivity contribution >= 4 is 34.9 Å². The molecule has 3 rings (SSSR count). The van der Waals surface area contributed by atoms with Crippen LogP contribution in [0.3, 0.4) is 0 Å². The zero-order chi connectivity index (χ0) is 20.8. The lowest BCUT2D eigenvalue weighted by Crippen LogP contribution is -2.29. The van der Waals surface area contributed by atoms with Crippen LogP contribution in [0.25, 0.3) is 6.08 Å². The molecule has 7 heteroatoms. The van der Waals surface area contributed by atoms with Gasteiger partial charge in [0.05, 0.1) is 12.2 Å². The van der Waals surface area contributed by atoms with Crippen LogP contribution in [0.4, 0.5) is 14.5 Å². The number of carbonyl (C=O) groups is 2. The summed E-state index contributed by atoms with van der Waals surface area (Å²) in [6.07, 6.45) is 2.91. The van der Waals surface area contributed by atoms with E-state index in [0.29, 0.717) is 11.1 Å². The summed E-state index contributed by atoms with van der Waals surface area (Å²) in [7, 11) is 1.55. The molecule has 0 fully saturated rings. The van der Waals surface area contributed by atoms with Gasteiger partial charge in [0.1, 0.15) is 11.6 Å². The Morgan fingerprint density at radius 1 is 1.10 bits per heavy atom. The molecule has 0 aliphatic heterocycles. The Morgan fingerprint density at radius 3 is 2.48 bits per heavy atom. The van der Waals surface area contributed by atoms with Crippen LogP contribution in [-0.4, -0.2) is 18.9 Å². The van der Waals surface area contributed by atoms with Crippen LogP contribution in [0.1, 0.15) is 20.8 Å². The van der Waals surface area contributed by atoms with E-state index in [1.165, 1.54) is 28.4 Å². The number of hydrogen-bond acceptors (Lipinski definition) is 3. The summed E-state index contributed by atoms with van der Waals surface area (Å²) in [4.78, 5) is 26.5. The maximum atomic E-state index is 14.3. The lowest BCUT2D eigenvalue weighted by atomic mass is 10.1. The van der Waals surface area contributed by atoms with Gasteiger partial charge in [-0.1, -0.05) is 18.2 Å². The molecule has 0 radical (unpaired) electrons. The first-order valence-corrected chi connectivity index (χ1v) is 9.65. The summed E-state index contributed by atoms with van der Waals surface area (Å²) in [6, 6.07) is 13.5. The third-order valence-corrected chi connectivity index (χ3v) is 5.04. The first-order valence-electron chi connectivity index (χ1n) is 8.77. The quantitative estimate of drug-likeness (QED) is 0.600. The standard InChI is InChI=1S/C22H18F2N2O2S/c1-25-22(28)16-7-4-15(5-8-16)6-11-21(27)26(14-18-3-2-12-29-18)20-10-9-17(23)13-19(20)24/h2-13H,14H2,1H3,(H,25,28)/b11-6+. The maximum absolute atomic E-state index is 14.3. The van der Waals surface area contributed by atoms with Crippen LogP contribution in [-0.2, 0) is 11.3 Å². The molecule has 0 aliphatic carbocycles. The van der Waals surface area contributed by atoms with E-state index in [-0.39, 0.29) is 18.1 Å². The molecule has 4 nitrogen and oxygen atoms in total. The number of amides is 2. The molecule has 3 aromatic rings. The van der Waals surface area contributed by atoms with Gasteiger partial charge in [-0.05, 0) is 47.4 Å². The second-order valence-electron chi connectivity index (χ2n) is 6.13. The molecule has 148 valence electrons. The van der Waals surface area contributed by atoms with Gasteiger partial charge in [-0.2, -0.15) is 0 Å². The van der Waals surface area contributed by atoms with Crippen LogP contribution in [0.5, 0.6) is 0 Å². The van der Waals surface area contributed by atoms with Crippen molar-refractivity contribution in [2.75, 3.05) is 11.9 Å². The van der Waals surface area contributed by atoms with Crippen molar-refractivity contribution in [2.45, 2.75) is 6.54 Å². The zero-order valence-electron chi connectivity index (χ0n) is 15.6. The van der Waals surface area contributed by atoms with Crippen molar-refractivity contribution < 1.29 is 18.4 Å². The fraction of sp³-hybridized carbons (Fsp3) is 0.0909. The molecule has 0 saturated heterocycles. The van der Waals surface area contributed by atoms with Gasteiger partial charge in [-0.3, -0.25) is 9.59 Å². The predicted molar refractivity (Wildman–Crippen MR) is 111 cm³/mol. The molecule has 29 heavy (non-hydrogen) atoms. The van der Waals surface area contributed by atoms with Gasteiger partial charge in [0, 0.05) is 29.6 Å². The topological polar surface area (TPSA) is 49.4 Å². The molecule has 0 saturated carbocycles. The number of hydrogen-bond donors (Lipinski definition) is 1. The van der Waals surface area contributed by atoms with Crippen LogP contribution in [0.15, 0.2) is 66.1 Å². The van der Waals surface area contributed by atoms with Crippen molar-refractivity contribution in [3.63, 3.8) is 0 Å². The van der Waals surface area contributed by atoms with E-state index in [1.807, 2.05) is 17.5 Å². The van der Waals surface area contributed by atoms with E-state index < -0.39 is 17.5 Å². The average molecular weight is 412 g/mol. The number of nitrogens with zero attached hydrogens (tertiary/aromatic N) is 1. The van der Waals surface area contributed by atoms with E-state index in [2.05, 4.69) is 5.32 Å². The first kappa shape index (κ1) is 20.4. The molecule has 0 bridgehead atoms. The Hall–Kier alpha value is -3.32. The van der Waals surface area contributed by atoms with Crippen molar-refractivity contribution in [2.24, 2.45) is 0 Å². The Kier molecular flexibility index (Phi) is 6.51. The highest BCUT2D eigenvalue weighted by Gasteiger charge is 2.18. The van der Waals surface area contributed by atoms with Crippen molar-refractivity contribution in [3.05, 3.63) is 93.7 Å². The average Bonchev–Trinajstić information content (AvgIpc) is 3.24. The summed E-state index contributed by atoms with van der Waals surface area (Å²) >= 11 is 1.44. The predicted octanol–water partition coefficient (Wildman–Crippen LogP) is 4.63. The number of anilines is 1. The number of carbonyl (C=O) groups excluding carboxylic acids is 2. The van der Waals surface area contributed by atoms with Gasteiger partial charge in [0.2, 0.25) is 0 Å². The summed E-state index contributed by atoms with van der Waals surface area (Å²) in [6.45, 7) is 0.166. The van der Waals surface area contributed by atoms with Gasteiger partial charge in [-0.15, -0.1) is 11.3 Å². The Labute approximate surface area is 171 Å². The molecule has 1 aromatic heterocycles. The normalized spacial score (nSPS) is 10.9. The number of benzene rings is 2. The fourth-order valence-corrected chi connectivity index (χ4v) is 3.38. The molecule has 0 unspecified atom stereocenters. The third-order valence-electron chi connectivity index (χ3n) is 4.18. The second-order valence-corrected chi connectivity index (χ2v) is 7.17. The largest absolute Gasteiger partial charge is 0.355 e. The van der Waals surface area contributed by atoms with Crippen molar-refractivity contribution in [3.8, 4) is 0 Å². The lowest BCUT2D eigenvalue weighted by Gasteiger charge is -2.21. The summed E-state index contributed by atoms with van der Waals surface area (Å²) < 4.78 is 27.6. The zero-order valence-corrected chi connectivity index (χ0v) is 16.4. The number of nitrogens with one attached hydrogen (secondary N) is 1. The van der Waals surface area contributed by atoms with Crippen LogP contribution in [0.2, 0.25) is 0 Å². The van der Waals surface area contributed by atoms with E-state index in [1.54, 1.807) is 37.4 Å². The lowest BCUT2D eigenvalue weighted by molar-refractivity contribution is -0.114. The van der Waals surface area contributed by atoms with Gasteiger partial charge in [0.15, 0.2) is 0 Å². The molecular formula is C22H18F2N2O2S. The highest BCUT2D eigenvalue weighted by molar-refractivity contribution is 7.09. The highest BCUT2D eigenvalue weighted by atomic mass is 32.1. The van der Waals surface area contributed by atoms with Crippen LogP contribution < -0.4 is 10.2 Å². The smallest absolute Gasteiger partial charge is 0.251 e.